The summed E-state index contributed by atoms with van der Waals surface area (Å²) >= 11 is 0. The Labute approximate surface area is 89.1 Å². The number of nitrogens with zero attached hydrogens (tertiary/aromatic N) is 1. The minimum atomic E-state index is -0.780. The molecule has 5 heteroatoms. The molecule has 3 N–H and O–H groups in total. The van der Waals surface area contributed by atoms with Crippen LogP contribution in [-0.2, 0) is 4.79 Å². The number of piperidine rings is 1. The number of aliphatic hydroxyl groups is 2. The maximum Gasteiger partial charge on any atom is 0.239 e. The van der Waals surface area contributed by atoms with Gasteiger partial charge in [0.2, 0.25) is 5.91 Å². The molecule has 3 atom stereocenters. The van der Waals surface area contributed by atoms with Crippen LogP contribution in [0.3, 0.4) is 0 Å². The van der Waals surface area contributed by atoms with Gasteiger partial charge < -0.3 is 20.4 Å². The second kappa shape index (κ2) is 4.47. The molecular weight excluding hydrogens is 196 g/mol. The van der Waals surface area contributed by atoms with Gasteiger partial charge >= 0.3 is 0 Å². The molecule has 2 aliphatic rings. The van der Waals surface area contributed by atoms with E-state index in [9.17, 15) is 15.0 Å². The van der Waals surface area contributed by atoms with Crippen molar-refractivity contribution in [3.63, 3.8) is 0 Å². The Kier molecular flexibility index (Phi) is 3.23. The van der Waals surface area contributed by atoms with Crippen LogP contribution in [0.4, 0.5) is 0 Å². The van der Waals surface area contributed by atoms with Gasteiger partial charge in [0.1, 0.15) is 0 Å². The standard InChI is InChI=1S/C10H18N2O3/c13-8-5-12(6-9(8)14)10(15)7-3-1-2-4-11-7/h7-9,11,13-14H,1-6H2/t7-,8-,9+/m1/s1. The highest BCUT2D eigenvalue weighted by atomic mass is 16.3. The maximum absolute atomic E-state index is 11.9. The van der Waals surface area contributed by atoms with Gasteiger partial charge in [-0.05, 0) is 19.4 Å². The van der Waals surface area contributed by atoms with E-state index in [0.29, 0.717) is 0 Å². The number of likely N-dealkylation sites (tertiary alicyclic amines) is 1. The van der Waals surface area contributed by atoms with Gasteiger partial charge in [0.05, 0.1) is 18.2 Å². The minimum absolute atomic E-state index is 0.0188. The lowest BCUT2D eigenvalue weighted by Gasteiger charge is -2.27. The molecule has 2 aliphatic heterocycles. The summed E-state index contributed by atoms with van der Waals surface area (Å²) < 4.78 is 0. The van der Waals surface area contributed by atoms with Crippen molar-refractivity contribution >= 4 is 5.91 Å². The van der Waals surface area contributed by atoms with Crippen molar-refractivity contribution in [2.75, 3.05) is 19.6 Å². The number of carbonyl (C=O) groups is 1. The Morgan fingerprint density at radius 3 is 2.40 bits per heavy atom. The van der Waals surface area contributed by atoms with Crippen LogP contribution >= 0.6 is 0 Å². The molecule has 0 unspecified atom stereocenters. The highest BCUT2D eigenvalue weighted by Crippen LogP contribution is 2.15. The van der Waals surface area contributed by atoms with E-state index in [1.165, 1.54) is 0 Å². The highest BCUT2D eigenvalue weighted by Gasteiger charge is 2.35. The molecular formula is C10H18N2O3. The van der Waals surface area contributed by atoms with Gasteiger partial charge in [0, 0.05) is 13.1 Å². The number of aliphatic hydroxyl groups excluding tert-OH is 2. The molecule has 0 radical (unpaired) electrons. The fourth-order valence-electron chi connectivity index (χ4n) is 2.23. The molecule has 2 heterocycles. The van der Waals surface area contributed by atoms with Crippen molar-refractivity contribution in [3.05, 3.63) is 0 Å². The predicted molar refractivity (Wildman–Crippen MR) is 54.2 cm³/mol. The second-order valence-electron chi connectivity index (χ2n) is 4.38. The number of β-amino-alcohol motifs (C(OH)–C–C–N with tert-alkyl or cyclic N) is 2. The smallest absolute Gasteiger partial charge is 0.239 e. The van der Waals surface area contributed by atoms with Gasteiger partial charge in [-0.2, -0.15) is 0 Å². The van der Waals surface area contributed by atoms with Crippen molar-refractivity contribution in [3.8, 4) is 0 Å². The third-order valence-corrected chi connectivity index (χ3v) is 3.18. The zero-order valence-corrected chi connectivity index (χ0v) is 8.72. The summed E-state index contributed by atoms with van der Waals surface area (Å²) in [6.45, 7) is 1.41. The maximum atomic E-state index is 11.9. The zero-order chi connectivity index (χ0) is 10.8. The molecule has 2 fully saturated rings. The molecule has 0 aromatic rings. The van der Waals surface area contributed by atoms with Crippen LogP contribution in [0.5, 0.6) is 0 Å². The first kappa shape index (κ1) is 10.9. The Balaban J connectivity index is 1.90. The quantitative estimate of drug-likeness (QED) is 0.507. The van der Waals surface area contributed by atoms with Crippen LogP contribution in [-0.4, -0.2) is 58.9 Å². The Bertz CT molecular complexity index is 231. The van der Waals surface area contributed by atoms with E-state index < -0.39 is 12.2 Å². The van der Waals surface area contributed by atoms with Crippen molar-refractivity contribution < 1.29 is 15.0 Å². The minimum Gasteiger partial charge on any atom is -0.388 e. The summed E-state index contributed by atoms with van der Waals surface area (Å²) in [5.74, 6) is 0.0188. The summed E-state index contributed by atoms with van der Waals surface area (Å²) in [6, 6.07) is -0.115. The number of carbonyl (C=O) groups excluding carboxylic acids is 1. The first-order chi connectivity index (χ1) is 7.18. The van der Waals surface area contributed by atoms with Gasteiger partial charge in [-0.25, -0.2) is 0 Å². The Hall–Kier alpha value is -0.650. The molecule has 0 aromatic carbocycles. The van der Waals surface area contributed by atoms with Gasteiger partial charge in [-0.15, -0.1) is 0 Å². The normalized spacial score (nSPS) is 36.9. The van der Waals surface area contributed by atoms with E-state index in [-0.39, 0.29) is 25.0 Å². The second-order valence-corrected chi connectivity index (χ2v) is 4.38. The molecule has 0 bridgehead atoms. The lowest BCUT2D eigenvalue weighted by atomic mass is 10.0. The van der Waals surface area contributed by atoms with E-state index in [4.69, 9.17) is 0 Å². The topological polar surface area (TPSA) is 72.8 Å². The monoisotopic (exact) mass is 214 g/mol. The summed E-state index contributed by atoms with van der Waals surface area (Å²) in [4.78, 5) is 13.5. The molecule has 0 aromatic heterocycles. The summed E-state index contributed by atoms with van der Waals surface area (Å²) in [5.41, 5.74) is 0. The number of nitrogens with one attached hydrogen (secondary N) is 1. The molecule has 1 amide bonds. The third kappa shape index (κ3) is 2.30. The molecule has 0 aliphatic carbocycles. The van der Waals surface area contributed by atoms with Gasteiger partial charge in [0.25, 0.3) is 0 Å². The number of hydrogen-bond donors (Lipinski definition) is 3. The van der Waals surface area contributed by atoms with Crippen LogP contribution < -0.4 is 5.32 Å². The Morgan fingerprint density at radius 2 is 1.87 bits per heavy atom. The van der Waals surface area contributed by atoms with Crippen molar-refractivity contribution in [2.24, 2.45) is 0 Å². The van der Waals surface area contributed by atoms with Crippen LogP contribution in [0.1, 0.15) is 19.3 Å². The summed E-state index contributed by atoms with van der Waals surface area (Å²) in [6.07, 6.45) is 1.49. The fraction of sp³-hybridized carbons (Fsp3) is 0.900. The average molecular weight is 214 g/mol. The summed E-state index contributed by atoms with van der Waals surface area (Å²) in [7, 11) is 0. The fourth-order valence-corrected chi connectivity index (χ4v) is 2.23. The summed E-state index contributed by atoms with van der Waals surface area (Å²) in [5, 5.41) is 21.9. The van der Waals surface area contributed by atoms with Gasteiger partial charge in [0.15, 0.2) is 0 Å². The van der Waals surface area contributed by atoms with Crippen molar-refractivity contribution in [2.45, 2.75) is 37.5 Å². The molecule has 0 saturated carbocycles. The number of rotatable bonds is 1. The van der Waals surface area contributed by atoms with Crippen LogP contribution in [0.15, 0.2) is 0 Å². The van der Waals surface area contributed by atoms with E-state index in [1.807, 2.05) is 0 Å². The molecule has 15 heavy (non-hydrogen) atoms. The molecule has 0 spiro atoms. The molecule has 5 nitrogen and oxygen atoms in total. The first-order valence-corrected chi connectivity index (χ1v) is 5.57. The molecule has 2 saturated heterocycles. The lowest BCUT2D eigenvalue weighted by Crippen LogP contribution is -2.48. The van der Waals surface area contributed by atoms with E-state index in [1.54, 1.807) is 4.90 Å². The first-order valence-electron chi connectivity index (χ1n) is 5.57. The van der Waals surface area contributed by atoms with Crippen molar-refractivity contribution in [1.29, 1.82) is 0 Å². The predicted octanol–water partition coefficient (Wildman–Crippen LogP) is -1.31. The Morgan fingerprint density at radius 1 is 1.20 bits per heavy atom. The molecule has 86 valence electrons. The molecule has 2 rings (SSSR count). The van der Waals surface area contributed by atoms with Crippen LogP contribution in [0.25, 0.3) is 0 Å². The number of hydrogen-bond acceptors (Lipinski definition) is 4. The zero-order valence-electron chi connectivity index (χ0n) is 8.72. The van der Waals surface area contributed by atoms with Crippen LogP contribution in [0, 0.1) is 0 Å². The van der Waals surface area contributed by atoms with E-state index in [0.717, 1.165) is 25.8 Å². The van der Waals surface area contributed by atoms with Crippen molar-refractivity contribution in [1.82, 2.24) is 10.2 Å². The van der Waals surface area contributed by atoms with E-state index >= 15 is 0 Å². The van der Waals surface area contributed by atoms with E-state index in [2.05, 4.69) is 5.32 Å². The average Bonchev–Trinajstić information content (AvgIpc) is 2.59. The van der Waals surface area contributed by atoms with Crippen LogP contribution in [0.2, 0.25) is 0 Å². The third-order valence-electron chi connectivity index (χ3n) is 3.18. The van der Waals surface area contributed by atoms with Gasteiger partial charge in [-0.1, -0.05) is 6.42 Å². The largest absolute Gasteiger partial charge is 0.388 e. The lowest BCUT2D eigenvalue weighted by molar-refractivity contribution is -0.133. The van der Waals surface area contributed by atoms with Gasteiger partial charge in [-0.3, -0.25) is 4.79 Å². The number of amides is 1. The SMILES string of the molecule is O=C([C@H]1CCCCN1)N1C[C@@H](O)[C@@H](O)C1. The highest BCUT2D eigenvalue weighted by molar-refractivity contribution is 5.82.